The van der Waals surface area contributed by atoms with Crippen LogP contribution < -0.4 is 10.9 Å². The van der Waals surface area contributed by atoms with Gasteiger partial charge < -0.3 is 10.3 Å². The van der Waals surface area contributed by atoms with Crippen LogP contribution in [0.15, 0.2) is 53.5 Å². The molecule has 0 spiro atoms. The van der Waals surface area contributed by atoms with Gasteiger partial charge in [-0.05, 0) is 31.4 Å². The molecule has 0 aliphatic carbocycles. The summed E-state index contributed by atoms with van der Waals surface area (Å²) >= 11 is 0. The van der Waals surface area contributed by atoms with Crippen LogP contribution in [0.2, 0.25) is 0 Å². The number of rotatable bonds is 5. The highest BCUT2D eigenvalue weighted by Gasteiger charge is 2.26. The Morgan fingerprint density at radius 2 is 2.00 bits per heavy atom. The molecule has 1 unspecified atom stereocenters. The second-order valence-electron chi connectivity index (χ2n) is 5.33. The molecule has 2 N–H and O–H groups in total. The van der Waals surface area contributed by atoms with Gasteiger partial charge in [0.15, 0.2) is 0 Å². The van der Waals surface area contributed by atoms with Gasteiger partial charge in [0.25, 0.3) is 5.91 Å². The first kappa shape index (κ1) is 15.5. The molecular formula is C17H17N3O2. The van der Waals surface area contributed by atoms with Gasteiger partial charge in [-0.25, -0.2) is 0 Å². The lowest BCUT2D eigenvalue weighted by molar-refractivity contribution is 0.0921. The van der Waals surface area contributed by atoms with E-state index >= 15 is 0 Å². The minimum atomic E-state index is -0.969. The van der Waals surface area contributed by atoms with Crippen molar-refractivity contribution in [3.63, 3.8) is 0 Å². The van der Waals surface area contributed by atoms with Gasteiger partial charge in [0.1, 0.15) is 5.54 Å². The lowest BCUT2D eigenvalue weighted by Crippen LogP contribution is -2.45. The van der Waals surface area contributed by atoms with Gasteiger partial charge in [0, 0.05) is 12.3 Å². The van der Waals surface area contributed by atoms with Crippen molar-refractivity contribution in [1.29, 1.82) is 5.26 Å². The number of nitrogens with zero attached hydrogens (tertiary/aromatic N) is 1. The smallest absolute Gasteiger partial charge is 0.253 e. The molecule has 0 saturated heterocycles. The number of benzene rings is 1. The number of carbonyl (C=O) groups is 1. The molecule has 2 rings (SSSR count). The van der Waals surface area contributed by atoms with Crippen molar-refractivity contribution in [2.24, 2.45) is 0 Å². The zero-order valence-electron chi connectivity index (χ0n) is 12.3. The van der Waals surface area contributed by atoms with Crippen LogP contribution in [0.25, 0.3) is 0 Å². The Bertz CT molecular complexity index is 726. The van der Waals surface area contributed by atoms with Crippen LogP contribution in [0.4, 0.5) is 0 Å². The van der Waals surface area contributed by atoms with E-state index in [2.05, 4.69) is 16.4 Å². The van der Waals surface area contributed by atoms with Crippen molar-refractivity contribution in [3.8, 4) is 6.07 Å². The van der Waals surface area contributed by atoms with Crippen molar-refractivity contribution in [1.82, 2.24) is 10.3 Å². The highest BCUT2D eigenvalue weighted by molar-refractivity contribution is 5.94. The third-order valence-corrected chi connectivity index (χ3v) is 3.44. The normalized spacial score (nSPS) is 12.9. The summed E-state index contributed by atoms with van der Waals surface area (Å²) in [6.07, 6.45) is 2.53. The van der Waals surface area contributed by atoms with Crippen molar-refractivity contribution < 1.29 is 4.79 Å². The van der Waals surface area contributed by atoms with Crippen LogP contribution in [-0.4, -0.2) is 16.4 Å². The Balaban J connectivity index is 2.03. The molecule has 1 heterocycles. The van der Waals surface area contributed by atoms with Crippen molar-refractivity contribution in [2.45, 2.75) is 25.3 Å². The highest BCUT2D eigenvalue weighted by atomic mass is 16.2. The van der Waals surface area contributed by atoms with E-state index in [0.717, 1.165) is 5.56 Å². The monoisotopic (exact) mass is 295 g/mol. The predicted molar refractivity (Wildman–Crippen MR) is 83.3 cm³/mol. The summed E-state index contributed by atoms with van der Waals surface area (Å²) in [6, 6.07) is 14.7. The summed E-state index contributed by atoms with van der Waals surface area (Å²) in [5.41, 5.74) is 0.190. The second-order valence-corrected chi connectivity index (χ2v) is 5.33. The molecule has 0 saturated carbocycles. The van der Waals surface area contributed by atoms with E-state index in [-0.39, 0.29) is 11.5 Å². The van der Waals surface area contributed by atoms with Gasteiger partial charge in [-0.3, -0.25) is 9.59 Å². The summed E-state index contributed by atoms with van der Waals surface area (Å²) in [5, 5.41) is 12.1. The third-order valence-electron chi connectivity index (χ3n) is 3.44. The average Bonchev–Trinajstić information content (AvgIpc) is 2.54. The topological polar surface area (TPSA) is 85.8 Å². The number of aryl methyl sites for hydroxylation is 1. The standard InChI is InChI=1S/C17H17N3O2/c1-17(12-18,10-9-13-5-3-2-4-6-13)20-16(22)14-7-8-15(21)19-11-14/h2-8,11H,9-10H2,1H3,(H,19,21)(H,20,22). The first-order valence-electron chi connectivity index (χ1n) is 6.99. The van der Waals surface area contributed by atoms with Crippen LogP contribution in [0.5, 0.6) is 0 Å². The Morgan fingerprint density at radius 1 is 1.27 bits per heavy atom. The zero-order chi connectivity index (χ0) is 16.0. The number of hydrogen-bond donors (Lipinski definition) is 2. The first-order valence-corrected chi connectivity index (χ1v) is 6.99. The van der Waals surface area contributed by atoms with Gasteiger partial charge in [-0.15, -0.1) is 0 Å². The summed E-state index contributed by atoms with van der Waals surface area (Å²) in [6.45, 7) is 1.69. The number of aromatic nitrogens is 1. The second kappa shape index (κ2) is 6.72. The Kier molecular flexibility index (Phi) is 4.74. The van der Waals surface area contributed by atoms with E-state index in [4.69, 9.17) is 0 Å². The molecule has 22 heavy (non-hydrogen) atoms. The molecule has 0 aliphatic rings. The number of carbonyl (C=O) groups excluding carboxylic acids is 1. The molecule has 1 aromatic carbocycles. The molecule has 0 aliphatic heterocycles. The lowest BCUT2D eigenvalue weighted by atomic mass is 9.94. The van der Waals surface area contributed by atoms with Crippen molar-refractivity contribution in [2.75, 3.05) is 0 Å². The number of aromatic amines is 1. The fourth-order valence-corrected chi connectivity index (χ4v) is 2.06. The van der Waals surface area contributed by atoms with E-state index < -0.39 is 5.54 Å². The number of nitriles is 1. The maximum Gasteiger partial charge on any atom is 0.253 e. The molecule has 0 fully saturated rings. The van der Waals surface area contributed by atoms with E-state index in [1.807, 2.05) is 30.3 Å². The van der Waals surface area contributed by atoms with Gasteiger partial charge in [0.05, 0.1) is 11.6 Å². The van der Waals surface area contributed by atoms with Crippen LogP contribution >= 0.6 is 0 Å². The van der Waals surface area contributed by atoms with Crippen LogP contribution in [0, 0.1) is 11.3 Å². The Labute approximate surface area is 128 Å². The Hall–Kier alpha value is -2.87. The van der Waals surface area contributed by atoms with Crippen LogP contribution in [-0.2, 0) is 6.42 Å². The molecule has 0 radical (unpaired) electrons. The van der Waals surface area contributed by atoms with E-state index in [9.17, 15) is 14.9 Å². The van der Waals surface area contributed by atoms with E-state index in [0.29, 0.717) is 18.4 Å². The number of nitrogens with one attached hydrogen (secondary N) is 2. The van der Waals surface area contributed by atoms with Gasteiger partial charge in [-0.1, -0.05) is 30.3 Å². The number of H-pyrrole nitrogens is 1. The van der Waals surface area contributed by atoms with Gasteiger partial charge in [-0.2, -0.15) is 5.26 Å². The molecule has 2 aromatic rings. The summed E-state index contributed by atoms with van der Waals surface area (Å²) in [4.78, 5) is 25.6. The number of hydrogen-bond acceptors (Lipinski definition) is 3. The van der Waals surface area contributed by atoms with Gasteiger partial charge >= 0.3 is 0 Å². The number of pyridine rings is 1. The lowest BCUT2D eigenvalue weighted by Gasteiger charge is -2.23. The maximum atomic E-state index is 12.2. The van der Waals surface area contributed by atoms with E-state index in [1.54, 1.807) is 6.92 Å². The maximum absolute atomic E-state index is 12.2. The quantitative estimate of drug-likeness (QED) is 0.884. The fraction of sp³-hybridized carbons (Fsp3) is 0.235. The van der Waals surface area contributed by atoms with Crippen molar-refractivity contribution in [3.05, 3.63) is 70.1 Å². The van der Waals surface area contributed by atoms with E-state index in [1.165, 1.54) is 18.3 Å². The molecule has 1 amide bonds. The molecule has 112 valence electrons. The SMILES string of the molecule is CC(C#N)(CCc1ccccc1)NC(=O)c1ccc(=O)[nH]c1. The molecule has 1 aromatic heterocycles. The fourth-order valence-electron chi connectivity index (χ4n) is 2.06. The summed E-state index contributed by atoms with van der Waals surface area (Å²) in [5.74, 6) is -0.381. The van der Waals surface area contributed by atoms with Crippen LogP contribution in [0.3, 0.4) is 0 Å². The minimum Gasteiger partial charge on any atom is -0.334 e. The minimum absolute atomic E-state index is 0.274. The number of amides is 1. The highest BCUT2D eigenvalue weighted by Crippen LogP contribution is 2.14. The molecule has 1 atom stereocenters. The Morgan fingerprint density at radius 3 is 2.59 bits per heavy atom. The van der Waals surface area contributed by atoms with Crippen molar-refractivity contribution >= 4 is 5.91 Å². The summed E-state index contributed by atoms with van der Waals surface area (Å²) in [7, 11) is 0. The molecular weight excluding hydrogens is 278 g/mol. The molecule has 5 heteroatoms. The molecule has 0 bridgehead atoms. The largest absolute Gasteiger partial charge is 0.334 e. The molecule has 5 nitrogen and oxygen atoms in total. The average molecular weight is 295 g/mol. The van der Waals surface area contributed by atoms with Gasteiger partial charge in [0.2, 0.25) is 5.56 Å². The first-order chi connectivity index (χ1) is 10.5. The van der Waals surface area contributed by atoms with Crippen LogP contribution in [0.1, 0.15) is 29.3 Å². The predicted octanol–water partition coefficient (Wildman–Crippen LogP) is 2.02. The third kappa shape index (κ3) is 4.06. The zero-order valence-corrected chi connectivity index (χ0v) is 12.3. The summed E-state index contributed by atoms with van der Waals surface area (Å²) < 4.78 is 0.